The van der Waals surface area contributed by atoms with Crippen LogP contribution in [0.5, 0.6) is 0 Å². The number of amides is 2. The molecular weight excluding hydrogens is 447 g/mol. The summed E-state index contributed by atoms with van der Waals surface area (Å²) in [6.07, 6.45) is -0.0648. The van der Waals surface area contributed by atoms with Crippen LogP contribution in [0.1, 0.15) is 24.1 Å². The van der Waals surface area contributed by atoms with Gasteiger partial charge in [-0.15, -0.1) is 0 Å². The number of rotatable bonds is 4. The Morgan fingerprint density at radius 3 is 2.25 bits per heavy atom. The van der Waals surface area contributed by atoms with Crippen LogP contribution in [0.4, 0.5) is 11.4 Å². The van der Waals surface area contributed by atoms with Crippen molar-refractivity contribution in [3.8, 4) is 0 Å². The molecule has 0 unspecified atom stereocenters. The van der Waals surface area contributed by atoms with Crippen LogP contribution in [-0.2, 0) is 20.8 Å². The summed E-state index contributed by atoms with van der Waals surface area (Å²) in [5, 5.41) is 2.53. The molecule has 2 fully saturated rings. The van der Waals surface area contributed by atoms with Crippen molar-refractivity contribution in [2.24, 2.45) is 5.92 Å². The van der Waals surface area contributed by atoms with E-state index in [0.29, 0.717) is 21.3 Å². The van der Waals surface area contributed by atoms with Crippen LogP contribution in [0.15, 0.2) is 72.8 Å². The van der Waals surface area contributed by atoms with E-state index in [0.717, 1.165) is 17.7 Å². The van der Waals surface area contributed by atoms with Gasteiger partial charge >= 0.3 is 0 Å². The summed E-state index contributed by atoms with van der Waals surface area (Å²) in [6, 6.07) is 21.4. The number of aryl methyl sites for hydroxylation is 1. The molecule has 0 radical (unpaired) electrons. The number of carbonyl (C=O) groups is 2. The second-order valence-electron chi connectivity index (χ2n) is 7.86. The molecule has 5 rings (SSSR count). The minimum Gasteiger partial charge on any atom is -0.273 e. The summed E-state index contributed by atoms with van der Waals surface area (Å²) in [5.74, 6) is -1.43. The van der Waals surface area contributed by atoms with Crippen LogP contribution >= 0.6 is 23.2 Å². The molecule has 0 aliphatic carbocycles. The van der Waals surface area contributed by atoms with Crippen molar-refractivity contribution in [3.05, 3.63) is 94.0 Å². The van der Waals surface area contributed by atoms with Crippen LogP contribution in [0, 0.1) is 5.92 Å². The maximum absolute atomic E-state index is 13.6. The van der Waals surface area contributed by atoms with Gasteiger partial charge in [-0.05, 0) is 53.9 Å². The van der Waals surface area contributed by atoms with E-state index in [1.807, 2.05) is 42.5 Å². The summed E-state index contributed by atoms with van der Waals surface area (Å²) in [6.45, 7) is 2.05. The third kappa shape index (κ3) is 3.37. The number of imide groups is 1. The zero-order chi connectivity index (χ0) is 22.4. The number of hydrogen-bond acceptors (Lipinski definition) is 4. The van der Waals surface area contributed by atoms with Crippen molar-refractivity contribution in [2.45, 2.75) is 25.5 Å². The van der Waals surface area contributed by atoms with E-state index in [1.165, 1.54) is 4.90 Å². The van der Waals surface area contributed by atoms with E-state index in [4.69, 9.17) is 28.0 Å². The zero-order valence-corrected chi connectivity index (χ0v) is 18.8. The van der Waals surface area contributed by atoms with Crippen LogP contribution in [0.25, 0.3) is 0 Å². The Morgan fingerprint density at radius 1 is 0.875 bits per heavy atom. The molecule has 2 aliphatic rings. The predicted molar refractivity (Wildman–Crippen MR) is 125 cm³/mol. The highest BCUT2D eigenvalue weighted by Gasteiger charge is 2.60. The first-order chi connectivity index (χ1) is 15.5. The predicted octanol–water partition coefficient (Wildman–Crippen LogP) is 5.61. The number of hydroxylamine groups is 1. The zero-order valence-electron chi connectivity index (χ0n) is 17.2. The highest BCUT2D eigenvalue weighted by Crippen LogP contribution is 2.49. The second-order valence-corrected chi connectivity index (χ2v) is 8.70. The quantitative estimate of drug-likeness (QED) is 0.469. The normalized spacial score (nSPS) is 22.5. The van der Waals surface area contributed by atoms with Crippen molar-refractivity contribution in [1.29, 1.82) is 0 Å². The molecule has 3 aromatic rings. The van der Waals surface area contributed by atoms with Crippen molar-refractivity contribution >= 4 is 46.4 Å². The van der Waals surface area contributed by atoms with Gasteiger partial charge in [0, 0.05) is 10.0 Å². The number of para-hydroxylation sites is 1. The molecule has 32 heavy (non-hydrogen) atoms. The van der Waals surface area contributed by atoms with Crippen LogP contribution in [-0.4, -0.2) is 17.9 Å². The van der Waals surface area contributed by atoms with E-state index in [-0.39, 0.29) is 11.8 Å². The average Bonchev–Trinajstić information content (AvgIpc) is 3.30. The van der Waals surface area contributed by atoms with Crippen molar-refractivity contribution < 1.29 is 14.4 Å². The first kappa shape index (κ1) is 21.0. The molecule has 0 aromatic heterocycles. The number of anilines is 2. The summed E-state index contributed by atoms with van der Waals surface area (Å²) >= 11 is 12.7. The molecule has 2 amide bonds. The van der Waals surface area contributed by atoms with E-state index in [1.54, 1.807) is 35.4 Å². The summed E-state index contributed by atoms with van der Waals surface area (Å²) in [4.78, 5) is 34.3. The number of benzene rings is 3. The van der Waals surface area contributed by atoms with Gasteiger partial charge in [0.25, 0.3) is 5.91 Å². The third-order valence-electron chi connectivity index (χ3n) is 6.01. The van der Waals surface area contributed by atoms with E-state index < -0.39 is 18.1 Å². The van der Waals surface area contributed by atoms with Gasteiger partial charge in [-0.1, -0.05) is 66.5 Å². The fourth-order valence-electron chi connectivity index (χ4n) is 4.41. The minimum absolute atomic E-state index is 0.307. The highest BCUT2D eigenvalue weighted by atomic mass is 35.5. The van der Waals surface area contributed by atoms with Crippen molar-refractivity contribution in [3.63, 3.8) is 0 Å². The average molecular weight is 467 g/mol. The fourth-order valence-corrected chi connectivity index (χ4v) is 4.93. The Bertz CT molecular complexity index is 1180. The van der Waals surface area contributed by atoms with Gasteiger partial charge in [0.2, 0.25) is 5.91 Å². The smallest absolute Gasteiger partial charge is 0.266 e. The van der Waals surface area contributed by atoms with Gasteiger partial charge in [0.05, 0.1) is 17.4 Å². The molecule has 0 bridgehead atoms. The van der Waals surface area contributed by atoms with Gasteiger partial charge in [-0.2, -0.15) is 0 Å². The standard InChI is InChI=1S/C25H20Cl2N2O3/c1-2-15-8-11-17(12-9-15)28-24(30)21-22(19-13-10-16(26)14-20(19)27)29(32-23(21)25(28)31)18-6-4-3-5-7-18/h3-14,21-23H,2H2,1H3/t21-,22-,23+/m0/s1. The molecule has 5 nitrogen and oxygen atoms in total. The monoisotopic (exact) mass is 466 g/mol. The number of hydrogen-bond donors (Lipinski definition) is 0. The Kier molecular flexibility index (Phi) is 5.41. The molecule has 162 valence electrons. The lowest BCUT2D eigenvalue weighted by atomic mass is 9.90. The van der Waals surface area contributed by atoms with Crippen molar-refractivity contribution in [2.75, 3.05) is 9.96 Å². The lowest BCUT2D eigenvalue weighted by molar-refractivity contribution is -0.126. The summed E-state index contributed by atoms with van der Waals surface area (Å²) in [5.41, 5.74) is 3.09. The summed E-state index contributed by atoms with van der Waals surface area (Å²) in [7, 11) is 0. The Morgan fingerprint density at radius 2 is 1.59 bits per heavy atom. The van der Waals surface area contributed by atoms with Crippen molar-refractivity contribution in [1.82, 2.24) is 0 Å². The number of halogens is 2. The lowest BCUT2D eigenvalue weighted by Crippen LogP contribution is -2.37. The van der Waals surface area contributed by atoms with E-state index in [9.17, 15) is 9.59 Å². The maximum Gasteiger partial charge on any atom is 0.266 e. The van der Waals surface area contributed by atoms with Gasteiger partial charge in [-0.3, -0.25) is 14.4 Å². The topological polar surface area (TPSA) is 49.9 Å². The Balaban J connectivity index is 1.58. The molecule has 7 heteroatoms. The van der Waals surface area contributed by atoms with Gasteiger partial charge < -0.3 is 0 Å². The van der Waals surface area contributed by atoms with Crippen LogP contribution in [0.2, 0.25) is 10.0 Å². The lowest BCUT2D eigenvalue weighted by Gasteiger charge is -2.29. The van der Waals surface area contributed by atoms with Crippen LogP contribution in [0.3, 0.4) is 0 Å². The molecule has 0 N–H and O–H groups in total. The molecule has 2 heterocycles. The van der Waals surface area contributed by atoms with Gasteiger partial charge in [-0.25, -0.2) is 9.96 Å². The molecule has 0 saturated carbocycles. The maximum atomic E-state index is 13.6. The highest BCUT2D eigenvalue weighted by molar-refractivity contribution is 6.35. The van der Waals surface area contributed by atoms with Gasteiger partial charge in [0.15, 0.2) is 6.10 Å². The van der Waals surface area contributed by atoms with Crippen LogP contribution < -0.4 is 9.96 Å². The SMILES string of the molecule is CCc1ccc(N2C(=O)[C@@H]3[C@@H](ON(c4ccccc4)[C@H]3c3ccc(Cl)cc3Cl)C2=O)cc1. The first-order valence-corrected chi connectivity index (χ1v) is 11.2. The molecule has 3 aromatic carbocycles. The van der Waals surface area contributed by atoms with E-state index in [2.05, 4.69) is 6.92 Å². The van der Waals surface area contributed by atoms with E-state index >= 15 is 0 Å². The molecular formula is C25H20Cl2N2O3. The number of nitrogens with zero attached hydrogens (tertiary/aromatic N) is 2. The largest absolute Gasteiger partial charge is 0.273 e. The van der Waals surface area contributed by atoms with Gasteiger partial charge in [0.1, 0.15) is 5.92 Å². The number of carbonyl (C=O) groups excluding carboxylic acids is 2. The molecule has 0 spiro atoms. The second kappa shape index (κ2) is 8.24. The molecule has 3 atom stereocenters. The first-order valence-electron chi connectivity index (χ1n) is 10.4. The number of fused-ring (bicyclic) bond motifs is 1. The summed E-state index contributed by atoms with van der Waals surface area (Å²) < 4.78 is 0. The minimum atomic E-state index is -0.940. The molecule has 2 aliphatic heterocycles. The fraction of sp³-hybridized carbons (Fsp3) is 0.200. The Labute approximate surface area is 196 Å². The third-order valence-corrected chi connectivity index (χ3v) is 6.57. The molecule has 2 saturated heterocycles. The Hall–Kier alpha value is -2.86.